The topological polar surface area (TPSA) is 61.4 Å². The van der Waals surface area contributed by atoms with E-state index in [-0.39, 0.29) is 16.9 Å². The van der Waals surface area contributed by atoms with Crippen LogP contribution < -0.4 is 10.3 Å². The van der Waals surface area contributed by atoms with Gasteiger partial charge in [0.1, 0.15) is 5.75 Å². The minimum atomic E-state index is -0.202. The van der Waals surface area contributed by atoms with Gasteiger partial charge >= 0.3 is 0 Å². The predicted molar refractivity (Wildman–Crippen MR) is 161 cm³/mol. The van der Waals surface area contributed by atoms with Crippen molar-refractivity contribution in [1.29, 1.82) is 0 Å². The second kappa shape index (κ2) is 10.2. The van der Waals surface area contributed by atoms with Crippen molar-refractivity contribution in [1.82, 2.24) is 14.2 Å². The molecule has 200 valence electrons. The summed E-state index contributed by atoms with van der Waals surface area (Å²) in [6.45, 7) is 13.8. The molecule has 0 amide bonds. The average molecular weight is 521 g/mol. The third-order valence-corrected chi connectivity index (χ3v) is 6.97. The molecule has 0 aliphatic carbocycles. The van der Waals surface area contributed by atoms with Crippen LogP contribution in [0, 0.1) is 12.3 Å². The Morgan fingerprint density at radius 3 is 2.41 bits per heavy atom. The summed E-state index contributed by atoms with van der Waals surface area (Å²) in [7, 11) is 1.69. The first-order valence-electron chi connectivity index (χ1n) is 13.4. The van der Waals surface area contributed by atoms with Gasteiger partial charge in [-0.3, -0.25) is 4.79 Å². The third-order valence-electron chi connectivity index (χ3n) is 6.97. The minimum Gasteiger partial charge on any atom is -0.496 e. The minimum absolute atomic E-state index is 0.114. The van der Waals surface area contributed by atoms with Crippen molar-refractivity contribution in [3.05, 3.63) is 93.9 Å². The highest BCUT2D eigenvalue weighted by molar-refractivity contribution is 5.99. The molecule has 0 aliphatic rings. The molecule has 6 nitrogen and oxygen atoms in total. The van der Waals surface area contributed by atoms with Gasteiger partial charge in [-0.05, 0) is 59.7 Å². The van der Waals surface area contributed by atoms with Gasteiger partial charge in [-0.25, -0.2) is 4.98 Å². The second-order valence-corrected chi connectivity index (χ2v) is 11.7. The number of nitrogens with zero attached hydrogens (tertiary/aromatic N) is 4. The Morgan fingerprint density at radius 2 is 1.72 bits per heavy atom. The van der Waals surface area contributed by atoms with Gasteiger partial charge in [-0.15, -0.1) is 0 Å². The zero-order valence-corrected chi connectivity index (χ0v) is 23.8. The second-order valence-electron chi connectivity index (χ2n) is 11.7. The fourth-order valence-electron chi connectivity index (χ4n) is 5.11. The van der Waals surface area contributed by atoms with Gasteiger partial charge < -0.3 is 9.30 Å². The number of aryl methyl sites for hydroxylation is 1. The van der Waals surface area contributed by atoms with Crippen molar-refractivity contribution in [2.45, 2.75) is 54.0 Å². The Balaban J connectivity index is 1.74. The van der Waals surface area contributed by atoms with Crippen molar-refractivity contribution in [2.75, 3.05) is 7.11 Å². The highest BCUT2D eigenvalue weighted by Crippen LogP contribution is 2.34. The summed E-state index contributed by atoms with van der Waals surface area (Å²) in [4.78, 5) is 18.8. The molecule has 0 aliphatic heterocycles. The van der Waals surface area contributed by atoms with Crippen LogP contribution in [0.25, 0.3) is 33.2 Å². The summed E-state index contributed by atoms with van der Waals surface area (Å²) in [6, 6.07) is 19.8. The molecular formula is C33H36N4O2. The van der Waals surface area contributed by atoms with Gasteiger partial charge in [0.05, 0.1) is 24.2 Å². The number of fused-ring (bicyclic) bond motifs is 2. The van der Waals surface area contributed by atoms with Gasteiger partial charge in [0, 0.05) is 34.8 Å². The number of benzene rings is 3. The molecule has 5 aromatic rings. The van der Waals surface area contributed by atoms with E-state index in [1.54, 1.807) is 19.4 Å². The molecule has 5 rings (SSSR count). The van der Waals surface area contributed by atoms with Gasteiger partial charge in [-0.1, -0.05) is 65.0 Å². The maximum Gasteiger partial charge on any atom is 0.282 e. The molecule has 0 spiro atoms. The molecule has 2 aromatic heterocycles. The molecule has 6 heteroatoms. The highest BCUT2D eigenvalue weighted by Gasteiger charge is 2.19. The first kappa shape index (κ1) is 26.4. The molecule has 0 saturated heterocycles. The molecule has 2 heterocycles. The van der Waals surface area contributed by atoms with Gasteiger partial charge in [0.15, 0.2) is 5.82 Å². The van der Waals surface area contributed by atoms with Crippen LogP contribution in [0.3, 0.4) is 0 Å². The van der Waals surface area contributed by atoms with Gasteiger partial charge in [-0.2, -0.15) is 9.78 Å². The number of methoxy groups -OCH3 is 1. The molecular weight excluding hydrogens is 484 g/mol. The molecule has 39 heavy (non-hydrogen) atoms. The summed E-state index contributed by atoms with van der Waals surface area (Å²) in [5.41, 5.74) is 5.53. The Bertz CT molecular complexity index is 1770. The van der Waals surface area contributed by atoms with Crippen LogP contribution in [0.1, 0.15) is 57.2 Å². The number of ether oxygens (including phenoxy) is 1. The molecule has 0 N–H and O–H groups in total. The Hall–Kier alpha value is -4.19. The number of para-hydroxylation sites is 2. The largest absolute Gasteiger partial charge is 0.496 e. The first-order valence-corrected chi connectivity index (χ1v) is 13.4. The van der Waals surface area contributed by atoms with Crippen molar-refractivity contribution in [3.8, 4) is 17.1 Å². The zero-order chi connectivity index (χ0) is 27.9. The van der Waals surface area contributed by atoms with Crippen molar-refractivity contribution < 1.29 is 4.74 Å². The first-order chi connectivity index (χ1) is 18.6. The molecule has 0 bridgehead atoms. The summed E-state index contributed by atoms with van der Waals surface area (Å²) in [5, 5.41) is 6.42. The zero-order valence-electron chi connectivity index (χ0n) is 23.8. The van der Waals surface area contributed by atoms with E-state index in [0.717, 1.165) is 45.5 Å². The normalized spacial score (nSPS) is 12.3. The molecule has 0 fully saturated rings. The fourth-order valence-corrected chi connectivity index (χ4v) is 5.11. The van der Waals surface area contributed by atoms with Crippen LogP contribution >= 0.6 is 0 Å². The Kier molecular flexibility index (Phi) is 6.89. The summed E-state index contributed by atoms with van der Waals surface area (Å²) >= 11 is 0. The Morgan fingerprint density at radius 1 is 1.03 bits per heavy atom. The lowest BCUT2D eigenvalue weighted by Crippen LogP contribution is -2.20. The lowest BCUT2D eigenvalue weighted by Gasteiger charge is -2.19. The smallest absolute Gasteiger partial charge is 0.282 e. The van der Waals surface area contributed by atoms with Gasteiger partial charge in [0.2, 0.25) is 0 Å². The molecule has 0 unspecified atom stereocenters. The number of hydrogen-bond donors (Lipinski definition) is 0. The summed E-state index contributed by atoms with van der Waals surface area (Å²) < 4.78 is 9.37. The monoisotopic (exact) mass is 520 g/mol. The molecule has 3 aromatic carbocycles. The van der Waals surface area contributed by atoms with E-state index in [4.69, 9.17) is 14.8 Å². The van der Waals surface area contributed by atoms with E-state index >= 15 is 0 Å². The lowest BCUT2D eigenvalue weighted by molar-refractivity contribution is 0.349. The fraction of sp³-hybridized carbons (Fsp3) is 0.303. The van der Waals surface area contributed by atoms with Crippen LogP contribution in [-0.4, -0.2) is 27.6 Å². The summed E-state index contributed by atoms with van der Waals surface area (Å²) in [5.74, 6) is 1.57. The molecule has 0 saturated carbocycles. The van der Waals surface area contributed by atoms with Crippen molar-refractivity contribution in [2.24, 2.45) is 10.5 Å². The third kappa shape index (κ3) is 5.11. The number of rotatable bonds is 6. The molecule has 0 atom stereocenters. The lowest BCUT2D eigenvalue weighted by atomic mass is 9.96. The SMILES string of the molecule is COc1cc(C)c(-c2nc3ccccc3c(=O)n2N=Cc2cn(CC(C)(C)C)c3ccccc23)cc1C(C)C. The standard InChI is InChI=1S/C33H36N4O2/c1-21(2)26-17-27(22(3)16-30(26)39-7)31-35-28-14-10-8-13-25(28)32(38)37(31)34-18-23-19-36(20-33(4,5)6)29-15-11-9-12-24(23)29/h8-19,21H,20H2,1-7H3. The Labute approximate surface area is 229 Å². The van der Waals surface area contributed by atoms with E-state index in [2.05, 4.69) is 69.6 Å². The summed E-state index contributed by atoms with van der Waals surface area (Å²) in [6.07, 6.45) is 3.90. The predicted octanol–water partition coefficient (Wildman–Crippen LogP) is 7.39. The van der Waals surface area contributed by atoms with Crippen LogP contribution in [-0.2, 0) is 6.54 Å². The average Bonchev–Trinajstić information content (AvgIpc) is 3.23. The van der Waals surface area contributed by atoms with Crippen LogP contribution in [0.4, 0.5) is 0 Å². The van der Waals surface area contributed by atoms with Crippen LogP contribution in [0.5, 0.6) is 5.75 Å². The highest BCUT2D eigenvalue weighted by atomic mass is 16.5. The van der Waals surface area contributed by atoms with Crippen LogP contribution in [0.15, 0.2) is 76.8 Å². The molecule has 0 radical (unpaired) electrons. The van der Waals surface area contributed by atoms with Gasteiger partial charge in [0.25, 0.3) is 5.56 Å². The number of aromatic nitrogens is 3. The van der Waals surface area contributed by atoms with Crippen molar-refractivity contribution >= 4 is 28.0 Å². The maximum atomic E-state index is 13.8. The van der Waals surface area contributed by atoms with E-state index in [0.29, 0.717) is 16.7 Å². The van der Waals surface area contributed by atoms with E-state index in [1.807, 2.05) is 37.3 Å². The number of hydrogen-bond acceptors (Lipinski definition) is 4. The van der Waals surface area contributed by atoms with E-state index < -0.39 is 0 Å². The van der Waals surface area contributed by atoms with E-state index in [1.165, 1.54) is 4.68 Å². The quantitative estimate of drug-likeness (QED) is 0.219. The van der Waals surface area contributed by atoms with Crippen LogP contribution in [0.2, 0.25) is 0 Å². The maximum absolute atomic E-state index is 13.8. The van der Waals surface area contributed by atoms with E-state index in [9.17, 15) is 4.79 Å². The van der Waals surface area contributed by atoms with Crippen molar-refractivity contribution in [3.63, 3.8) is 0 Å².